The van der Waals surface area contributed by atoms with E-state index in [4.69, 9.17) is 0 Å². The second-order valence-corrected chi connectivity index (χ2v) is 14.3. The number of nitrogens with zero attached hydrogens (tertiary/aromatic N) is 2. The van der Waals surface area contributed by atoms with Gasteiger partial charge in [-0.15, -0.1) is 0 Å². The number of benzene rings is 2. The molecule has 4 rings (SSSR count). The highest BCUT2D eigenvalue weighted by Crippen LogP contribution is 2.36. The summed E-state index contributed by atoms with van der Waals surface area (Å²) < 4.78 is 58.7. The average molecular weight is 658 g/mol. The number of carbonyl (C=O) groups is 2. The van der Waals surface area contributed by atoms with E-state index in [0.29, 0.717) is 31.3 Å². The fourth-order valence-corrected chi connectivity index (χ4v) is 6.43. The Labute approximate surface area is 272 Å². The van der Waals surface area contributed by atoms with Crippen LogP contribution < -0.4 is 21.1 Å². The third kappa shape index (κ3) is 8.22. The Balaban J connectivity index is 1.75. The van der Waals surface area contributed by atoms with E-state index in [2.05, 4.69) is 20.5 Å². The van der Waals surface area contributed by atoms with Crippen molar-refractivity contribution in [2.45, 2.75) is 78.9 Å². The van der Waals surface area contributed by atoms with Crippen LogP contribution in [0.25, 0.3) is 11.1 Å². The number of nitrogens with one attached hydrogen (secondary N) is 3. The molecule has 0 aliphatic carbocycles. The number of aromatic nitrogens is 1. The minimum Gasteiger partial charge on any atom is -0.367 e. The monoisotopic (exact) mass is 657 g/mol. The van der Waals surface area contributed by atoms with Gasteiger partial charge in [-0.3, -0.25) is 19.3 Å². The summed E-state index contributed by atoms with van der Waals surface area (Å²) in [6.45, 7) is 14.9. The molecule has 2 unspecified atom stereocenters. The van der Waals surface area contributed by atoms with Crippen LogP contribution in [0.2, 0.25) is 0 Å². The minimum atomic E-state index is -3.09. The molecule has 254 valence electrons. The molecule has 0 spiro atoms. The Kier molecular flexibility index (Phi) is 10.2. The standard InChI is InChI=1S/C35H43F4N5O3/c1-19-16-44(17-20(2)43(19)8)27-12-9-21(13-26(27)41-32(46)25-15-40-28(45)14-24(25)31(38)39)22-10-11-23(30(37)29(22)36)33(47)42-35(6,7)18-34(3,4)5/h9-15,19-20,31H,16-18H2,1-8H3,(H,40,45)(H,41,46)(H,42,47). The normalized spacial score (nSPS) is 17.6. The van der Waals surface area contributed by atoms with E-state index >= 15 is 8.78 Å². The van der Waals surface area contributed by atoms with E-state index in [-0.39, 0.29) is 34.3 Å². The number of carbonyl (C=O) groups excluding carboxylic acids is 2. The zero-order chi connectivity index (χ0) is 35.0. The molecule has 1 fully saturated rings. The fraction of sp³-hybridized carbons (Fsp3) is 0.457. The van der Waals surface area contributed by atoms with Crippen molar-refractivity contribution in [3.63, 3.8) is 0 Å². The first-order valence-corrected chi connectivity index (χ1v) is 15.5. The van der Waals surface area contributed by atoms with E-state index in [1.165, 1.54) is 18.2 Å². The first-order valence-electron chi connectivity index (χ1n) is 15.5. The lowest BCUT2D eigenvalue weighted by Gasteiger charge is -2.44. The number of anilines is 2. The van der Waals surface area contributed by atoms with Gasteiger partial charge in [0.15, 0.2) is 11.6 Å². The number of hydrogen-bond acceptors (Lipinski definition) is 5. The van der Waals surface area contributed by atoms with E-state index < -0.39 is 57.7 Å². The van der Waals surface area contributed by atoms with Gasteiger partial charge < -0.3 is 20.5 Å². The van der Waals surface area contributed by atoms with Gasteiger partial charge in [0.25, 0.3) is 18.2 Å². The number of hydrogen-bond donors (Lipinski definition) is 3. The lowest BCUT2D eigenvalue weighted by Crippen LogP contribution is -2.55. The lowest BCUT2D eigenvalue weighted by atomic mass is 9.81. The molecule has 12 heteroatoms. The Morgan fingerprint density at radius 2 is 1.57 bits per heavy atom. The van der Waals surface area contributed by atoms with E-state index in [1.807, 2.05) is 60.4 Å². The van der Waals surface area contributed by atoms with Crippen LogP contribution in [0.4, 0.5) is 28.9 Å². The molecule has 3 N–H and O–H groups in total. The van der Waals surface area contributed by atoms with Crippen molar-refractivity contribution in [1.29, 1.82) is 0 Å². The molecule has 47 heavy (non-hydrogen) atoms. The van der Waals surface area contributed by atoms with E-state index in [0.717, 1.165) is 6.20 Å². The molecule has 2 heterocycles. The van der Waals surface area contributed by atoms with Crippen molar-refractivity contribution in [1.82, 2.24) is 15.2 Å². The Bertz CT molecular complexity index is 1700. The summed E-state index contributed by atoms with van der Waals surface area (Å²) in [7, 11) is 2.01. The second kappa shape index (κ2) is 13.5. The molecule has 0 bridgehead atoms. The van der Waals surface area contributed by atoms with Crippen molar-refractivity contribution in [2.24, 2.45) is 5.41 Å². The summed E-state index contributed by atoms with van der Waals surface area (Å²) in [5.41, 5.74) is -2.46. The zero-order valence-corrected chi connectivity index (χ0v) is 28.0. The van der Waals surface area contributed by atoms with Gasteiger partial charge in [0.05, 0.1) is 22.5 Å². The quantitative estimate of drug-likeness (QED) is 0.227. The molecular formula is C35H43F4N5O3. The summed E-state index contributed by atoms with van der Waals surface area (Å²) in [6, 6.07) is 8.11. The van der Waals surface area contributed by atoms with Crippen molar-refractivity contribution >= 4 is 23.2 Å². The lowest BCUT2D eigenvalue weighted by molar-refractivity contribution is 0.0885. The number of pyridine rings is 1. The van der Waals surface area contributed by atoms with Gasteiger partial charge in [-0.2, -0.15) is 0 Å². The van der Waals surface area contributed by atoms with Gasteiger partial charge in [-0.05, 0) is 70.3 Å². The highest BCUT2D eigenvalue weighted by molar-refractivity contribution is 6.07. The number of alkyl halides is 2. The largest absolute Gasteiger partial charge is 0.367 e. The third-order valence-corrected chi connectivity index (χ3v) is 8.44. The summed E-state index contributed by atoms with van der Waals surface area (Å²) >= 11 is 0. The predicted molar refractivity (Wildman–Crippen MR) is 176 cm³/mol. The van der Waals surface area contributed by atoms with E-state index in [9.17, 15) is 23.2 Å². The maximum atomic E-state index is 15.7. The van der Waals surface area contributed by atoms with Crippen molar-refractivity contribution in [3.05, 3.63) is 81.3 Å². The minimum absolute atomic E-state index is 0.122. The van der Waals surface area contributed by atoms with Crippen LogP contribution in [0.1, 0.15) is 87.6 Å². The van der Waals surface area contributed by atoms with Crippen LogP contribution in [0, 0.1) is 17.0 Å². The van der Waals surface area contributed by atoms with E-state index in [1.54, 1.807) is 12.1 Å². The Morgan fingerprint density at radius 3 is 2.17 bits per heavy atom. The van der Waals surface area contributed by atoms with Gasteiger partial charge in [0.1, 0.15) is 0 Å². The highest BCUT2D eigenvalue weighted by Gasteiger charge is 2.31. The summed E-state index contributed by atoms with van der Waals surface area (Å²) in [6.07, 6.45) is -1.57. The van der Waals surface area contributed by atoms with Gasteiger partial charge in [-0.1, -0.05) is 32.9 Å². The molecule has 1 aliphatic heterocycles. The molecule has 0 radical (unpaired) electrons. The van der Waals surface area contributed by atoms with Gasteiger partial charge in [0.2, 0.25) is 5.56 Å². The average Bonchev–Trinajstić information content (AvgIpc) is 2.95. The molecule has 1 saturated heterocycles. The maximum Gasteiger partial charge on any atom is 0.264 e. The number of H-pyrrole nitrogens is 1. The summed E-state index contributed by atoms with van der Waals surface area (Å²) in [4.78, 5) is 44.6. The molecule has 3 aromatic rings. The first-order chi connectivity index (χ1) is 21.8. The van der Waals surface area contributed by atoms with Crippen LogP contribution in [0.3, 0.4) is 0 Å². The van der Waals surface area contributed by atoms with Crippen LogP contribution in [0.15, 0.2) is 47.4 Å². The molecule has 0 saturated carbocycles. The molecule has 2 aromatic carbocycles. The highest BCUT2D eigenvalue weighted by atomic mass is 19.3. The summed E-state index contributed by atoms with van der Waals surface area (Å²) in [5, 5.41) is 5.46. The zero-order valence-electron chi connectivity index (χ0n) is 28.0. The Hall–Kier alpha value is -4.19. The predicted octanol–water partition coefficient (Wildman–Crippen LogP) is 6.98. The number of rotatable bonds is 8. The Morgan fingerprint density at radius 1 is 0.936 bits per heavy atom. The van der Waals surface area contributed by atoms with Gasteiger partial charge in [0, 0.05) is 54.1 Å². The maximum absolute atomic E-state index is 15.7. The topological polar surface area (TPSA) is 97.5 Å². The van der Waals surface area contributed by atoms with Crippen molar-refractivity contribution in [2.75, 3.05) is 30.4 Å². The number of amides is 2. The third-order valence-electron chi connectivity index (χ3n) is 8.44. The van der Waals surface area contributed by atoms with Crippen LogP contribution in [-0.4, -0.2) is 59.5 Å². The summed E-state index contributed by atoms with van der Waals surface area (Å²) in [5.74, 6) is -4.24. The molecule has 8 nitrogen and oxygen atoms in total. The molecule has 1 aliphatic rings. The SMILES string of the molecule is CC1CN(c2ccc(-c3ccc(C(=O)NC(C)(C)CC(C)(C)C)c(F)c3F)cc2NC(=O)c2c[nH]c(=O)cc2C(F)F)CC(C)N1C. The van der Waals surface area contributed by atoms with Crippen molar-refractivity contribution < 1.29 is 27.2 Å². The second-order valence-electron chi connectivity index (χ2n) is 14.3. The molecule has 2 atom stereocenters. The molecular weight excluding hydrogens is 614 g/mol. The number of piperazine rings is 1. The van der Waals surface area contributed by atoms with Gasteiger partial charge >= 0.3 is 0 Å². The van der Waals surface area contributed by atoms with Crippen molar-refractivity contribution in [3.8, 4) is 11.1 Å². The van der Waals surface area contributed by atoms with Crippen LogP contribution >= 0.6 is 0 Å². The first kappa shape index (κ1) is 35.7. The number of halogens is 4. The fourth-order valence-electron chi connectivity index (χ4n) is 6.43. The molecule has 2 amide bonds. The van der Waals surface area contributed by atoms with Crippen LogP contribution in [-0.2, 0) is 0 Å². The number of aromatic amines is 1. The van der Waals surface area contributed by atoms with Crippen LogP contribution in [0.5, 0.6) is 0 Å². The smallest absolute Gasteiger partial charge is 0.264 e. The molecule has 1 aromatic heterocycles. The number of likely N-dealkylation sites (N-methyl/N-ethyl adjacent to an activating group) is 1. The van der Waals surface area contributed by atoms with Gasteiger partial charge in [-0.25, -0.2) is 17.6 Å².